The van der Waals surface area contributed by atoms with Crippen molar-refractivity contribution in [3.8, 4) is 0 Å². The van der Waals surface area contributed by atoms with Crippen molar-refractivity contribution < 1.29 is 5.11 Å². The number of hydrogen-bond donors (Lipinski definition) is 1. The number of aliphatic hydroxyl groups is 1. The van der Waals surface area contributed by atoms with E-state index in [2.05, 4.69) is 159 Å². The minimum absolute atomic E-state index is 0.693. The highest BCUT2D eigenvalue weighted by molar-refractivity contribution is 9.42. The topological polar surface area (TPSA) is 20.2 Å². The highest BCUT2D eigenvalue weighted by Crippen LogP contribution is 2.69. The summed E-state index contributed by atoms with van der Waals surface area (Å²) in [6.45, 7) is 0. The molecular formula is C5H2Br10O. The molecule has 0 radical (unpaired) electrons. The highest BCUT2D eigenvalue weighted by atomic mass is 80.0. The second-order valence-electron chi connectivity index (χ2n) is 2.61. The van der Waals surface area contributed by atoms with Gasteiger partial charge in [0.25, 0.3) is 0 Å². The molecule has 1 atom stereocenters. The number of halogens is 10. The molecule has 0 bridgehead atoms. The Kier molecular flexibility index (Phi) is 8.95. The quantitative estimate of drug-likeness (QED) is 0.304. The minimum atomic E-state index is -0.916. The summed E-state index contributed by atoms with van der Waals surface area (Å²) >= 11 is 34.2. The van der Waals surface area contributed by atoms with Crippen LogP contribution in [0.15, 0.2) is 0 Å². The van der Waals surface area contributed by atoms with E-state index in [1.54, 1.807) is 0 Å². The van der Waals surface area contributed by atoms with Gasteiger partial charge in [-0.1, -0.05) is 159 Å². The predicted molar refractivity (Wildman–Crippen MR) is 106 cm³/mol. The average molecular weight is 877 g/mol. The van der Waals surface area contributed by atoms with E-state index < -0.39 is 16.9 Å². The first-order valence-electron chi connectivity index (χ1n) is 3.22. The lowest BCUT2D eigenvalue weighted by molar-refractivity contribution is 0.255. The molecule has 1 nitrogen and oxygen atoms in total. The molecule has 16 heavy (non-hydrogen) atoms. The van der Waals surface area contributed by atoms with E-state index in [-0.39, 0.29) is 0 Å². The first-order valence-corrected chi connectivity index (χ1v) is 11.3. The van der Waals surface area contributed by atoms with Gasteiger partial charge in [-0.05, 0) is 0 Å². The Bertz CT molecular complexity index is 252. The lowest BCUT2D eigenvalue weighted by atomic mass is 10.2. The Hall–Kier alpha value is 4.76. The summed E-state index contributed by atoms with van der Waals surface area (Å²) < 4.78 is -3.23. The predicted octanol–water partition coefficient (Wildman–Crippen LogP) is 7.00. The van der Waals surface area contributed by atoms with Crippen LogP contribution in [0, 0.1) is 0 Å². The van der Waals surface area contributed by atoms with Crippen LogP contribution < -0.4 is 0 Å². The zero-order valence-corrected chi connectivity index (χ0v) is 22.7. The molecule has 0 aliphatic carbocycles. The Morgan fingerprint density at radius 1 is 0.688 bits per heavy atom. The van der Waals surface area contributed by atoms with Crippen LogP contribution in [0.1, 0.15) is 0 Å². The molecule has 0 rings (SSSR count). The summed E-state index contributed by atoms with van der Waals surface area (Å²) in [7, 11) is 0. The Balaban J connectivity index is 5.53. The van der Waals surface area contributed by atoms with Crippen LogP contribution in [0.5, 0.6) is 0 Å². The molecule has 11 heteroatoms. The average Bonchev–Trinajstić information content (AvgIpc) is 2.00. The van der Waals surface area contributed by atoms with Crippen LogP contribution in [0.4, 0.5) is 0 Å². The highest BCUT2D eigenvalue weighted by Gasteiger charge is 2.66. The van der Waals surface area contributed by atoms with Gasteiger partial charge in [-0.3, -0.25) is 0 Å². The van der Waals surface area contributed by atoms with E-state index >= 15 is 0 Å². The van der Waals surface area contributed by atoms with Crippen LogP contribution in [0.25, 0.3) is 0 Å². The van der Waals surface area contributed by atoms with Gasteiger partial charge in [0.05, 0.1) is 0 Å². The zero-order valence-electron chi connectivity index (χ0n) is 6.80. The summed E-state index contributed by atoms with van der Waals surface area (Å²) in [6.07, 6.45) is 0. The Morgan fingerprint density at radius 2 is 1.00 bits per heavy atom. The molecule has 0 aliphatic heterocycles. The molecule has 0 aromatic rings. The fourth-order valence-electron chi connectivity index (χ4n) is 0.537. The number of alkyl halides is 10. The second kappa shape index (κ2) is 6.89. The molecule has 0 aromatic carbocycles. The molecule has 1 unspecified atom stereocenters. The summed E-state index contributed by atoms with van der Waals surface area (Å²) in [5.41, 5.74) is 0. The van der Waals surface area contributed by atoms with Gasteiger partial charge in [-0.2, -0.15) is 0 Å². The van der Waals surface area contributed by atoms with Crippen molar-refractivity contribution in [3.05, 3.63) is 0 Å². The minimum Gasteiger partial charge on any atom is -0.379 e. The number of hydrogen-bond acceptors (Lipinski definition) is 1. The Labute approximate surface area is 178 Å². The van der Waals surface area contributed by atoms with Gasteiger partial charge in [0.15, 0.2) is 2.14 Å². The monoisotopic (exact) mass is 867 g/mol. The van der Waals surface area contributed by atoms with Crippen molar-refractivity contribution in [1.29, 1.82) is 0 Å². The fraction of sp³-hybridized carbons (Fsp3) is 1.00. The zero-order chi connectivity index (χ0) is 13.6. The third-order valence-corrected chi connectivity index (χ3v) is 19.5. The van der Waals surface area contributed by atoms with Gasteiger partial charge in [0, 0.05) is 0 Å². The van der Waals surface area contributed by atoms with Gasteiger partial charge in [0.2, 0.25) is 0 Å². The van der Waals surface area contributed by atoms with E-state index in [0.29, 0.717) is 0 Å². The van der Waals surface area contributed by atoms with E-state index in [1.807, 2.05) is 0 Å². The normalized spacial score (nSPS) is 17.4. The van der Waals surface area contributed by atoms with Gasteiger partial charge >= 0.3 is 0 Å². The third-order valence-electron chi connectivity index (χ3n) is 1.47. The maximum Gasteiger partial charge on any atom is 0.162 e. The van der Waals surface area contributed by atoms with E-state index in [0.717, 1.165) is 0 Å². The van der Waals surface area contributed by atoms with E-state index in [1.165, 1.54) is 0 Å². The maximum absolute atomic E-state index is 9.72. The van der Waals surface area contributed by atoms with Crippen molar-refractivity contribution in [2.75, 3.05) is 0 Å². The standard InChI is InChI=1S/C5H2Br10O/c6-1(16)2(7,8)3(9,10)4(11,12)5(13,14)15/h1,16H. The van der Waals surface area contributed by atoms with Gasteiger partial charge < -0.3 is 5.11 Å². The SMILES string of the molecule is OC(Br)C(Br)(Br)C(Br)(Br)C(Br)(Br)C(Br)(Br)Br. The molecule has 0 aliphatic rings. The smallest absolute Gasteiger partial charge is 0.162 e. The fourth-order valence-corrected chi connectivity index (χ4v) is 7.30. The second-order valence-corrected chi connectivity index (χ2v) is 20.7. The largest absolute Gasteiger partial charge is 0.379 e. The van der Waals surface area contributed by atoms with Crippen LogP contribution in [0.3, 0.4) is 0 Å². The van der Waals surface area contributed by atoms with Crippen molar-refractivity contribution >= 4 is 159 Å². The molecule has 0 spiro atoms. The van der Waals surface area contributed by atoms with Gasteiger partial charge in [-0.25, -0.2) is 0 Å². The molecule has 0 saturated carbocycles. The van der Waals surface area contributed by atoms with Crippen molar-refractivity contribution in [2.45, 2.75) is 16.9 Å². The van der Waals surface area contributed by atoms with Crippen molar-refractivity contribution in [2.24, 2.45) is 0 Å². The lowest BCUT2D eigenvalue weighted by Crippen LogP contribution is -2.56. The molecule has 1 N–H and O–H groups in total. The number of aliphatic hydroxyl groups excluding tert-OH is 1. The lowest BCUT2D eigenvalue weighted by Gasteiger charge is -2.47. The van der Waals surface area contributed by atoms with Crippen molar-refractivity contribution in [1.82, 2.24) is 0 Å². The van der Waals surface area contributed by atoms with Gasteiger partial charge in [-0.15, -0.1) is 0 Å². The van der Waals surface area contributed by atoms with Crippen LogP contribution >= 0.6 is 159 Å². The van der Waals surface area contributed by atoms with Crippen molar-refractivity contribution in [3.63, 3.8) is 0 Å². The molecule has 0 amide bonds. The summed E-state index contributed by atoms with van der Waals surface area (Å²) in [4.78, 5) is 0. The van der Waals surface area contributed by atoms with Gasteiger partial charge in [0.1, 0.15) is 14.7 Å². The summed E-state index contributed by atoms with van der Waals surface area (Å²) in [6, 6.07) is 0. The Morgan fingerprint density at radius 3 is 1.19 bits per heavy atom. The summed E-state index contributed by atoms with van der Waals surface area (Å²) in [5, 5.41) is 8.85. The first-order chi connectivity index (χ1) is 6.69. The van der Waals surface area contributed by atoms with Crippen LogP contribution in [0.2, 0.25) is 0 Å². The molecule has 98 valence electrons. The summed E-state index contributed by atoms with van der Waals surface area (Å²) in [5.74, 6) is 0. The molecule has 0 saturated heterocycles. The molecule has 0 fully saturated rings. The molecule has 0 heterocycles. The first kappa shape index (κ1) is 20.8. The number of rotatable bonds is 3. The third kappa shape index (κ3) is 4.15. The maximum atomic E-state index is 9.72. The van der Waals surface area contributed by atoms with E-state index in [4.69, 9.17) is 0 Å². The van der Waals surface area contributed by atoms with Crippen LogP contribution in [-0.2, 0) is 0 Å². The van der Waals surface area contributed by atoms with Crippen LogP contribution in [-0.4, -0.2) is 22.0 Å². The molecule has 0 aromatic heterocycles. The van der Waals surface area contributed by atoms with E-state index in [9.17, 15) is 5.11 Å². The molecular weight excluding hydrogens is 875 g/mol.